The Balaban J connectivity index is 1.44. The van der Waals surface area contributed by atoms with Crippen molar-refractivity contribution in [2.24, 2.45) is 4.99 Å². The minimum absolute atomic E-state index is 0.0430. The lowest BCUT2D eigenvalue weighted by Gasteiger charge is -2.34. The Morgan fingerprint density at radius 2 is 1.87 bits per heavy atom. The zero-order chi connectivity index (χ0) is 21.1. The van der Waals surface area contributed by atoms with Crippen LogP contribution in [-0.4, -0.2) is 62.2 Å². The van der Waals surface area contributed by atoms with Gasteiger partial charge in [-0.2, -0.15) is 0 Å². The average molecular weight is 407 g/mol. The molecule has 8 nitrogen and oxygen atoms in total. The van der Waals surface area contributed by atoms with Gasteiger partial charge in [-0.05, 0) is 55.1 Å². The summed E-state index contributed by atoms with van der Waals surface area (Å²) in [6, 6.07) is 13.0. The van der Waals surface area contributed by atoms with E-state index in [1.165, 1.54) is 18.9 Å². The molecule has 4 rings (SSSR count). The smallest absolute Gasteiger partial charge is 0.276 e. The number of carbonyl (C=O) groups excluding carboxylic acids is 1. The van der Waals surface area contributed by atoms with Crippen LogP contribution in [0.3, 0.4) is 0 Å². The molecule has 0 unspecified atom stereocenters. The van der Waals surface area contributed by atoms with Gasteiger partial charge in [0.05, 0.1) is 7.11 Å². The van der Waals surface area contributed by atoms with Crippen molar-refractivity contribution in [2.75, 3.05) is 50.6 Å². The van der Waals surface area contributed by atoms with Crippen molar-refractivity contribution in [1.82, 2.24) is 10.2 Å². The van der Waals surface area contributed by atoms with E-state index in [1.807, 2.05) is 12.1 Å². The largest absolute Gasteiger partial charge is 0.504 e. The number of phenols is 1. The van der Waals surface area contributed by atoms with Crippen LogP contribution in [0.4, 0.5) is 11.4 Å². The Kier molecular flexibility index (Phi) is 5.58. The molecule has 2 aliphatic rings. The Hall–Kier alpha value is -3.52. The van der Waals surface area contributed by atoms with E-state index < -0.39 is 0 Å². The molecule has 2 aromatic rings. The van der Waals surface area contributed by atoms with Crippen LogP contribution >= 0.6 is 0 Å². The van der Waals surface area contributed by atoms with Crippen LogP contribution in [0.15, 0.2) is 53.2 Å². The lowest BCUT2D eigenvalue weighted by Crippen LogP contribution is -2.44. The fourth-order valence-corrected chi connectivity index (χ4v) is 3.43. The average Bonchev–Trinajstić information content (AvgIpc) is 3.09. The summed E-state index contributed by atoms with van der Waals surface area (Å²) >= 11 is 0. The summed E-state index contributed by atoms with van der Waals surface area (Å²) in [5.41, 5.74) is 3.02. The quantitative estimate of drug-likeness (QED) is 0.673. The minimum atomic E-state index is -0.293. The van der Waals surface area contributed by atoms with E-state index in [9.17, 15) is 9.90 Å². The molecule has 1 fully saturated rings. The van der Waals surface area contributed by atoms with E-state index in [2.05, 4.69) is 44.6 Å². The van der Waals surface area contributed by atoms with E-state index >= 15 is 0 Å². The highest BCUT2D eigenvalue weighted by molar-refractivity contribution is 6.17. The highest BCUT2D eigenvalue weighted by Gasteiger charge is 2.20. The van der Waals surface area contributed by atoms with Crippen LogP contribution in [0.25, 0.3) is 6.08 Å². The topological polar surface area (TPSA) is 89.4 Å². The molecule has 1 amide bonds. The number of hydrogen-bond donors (Lipinski definition) is 3. The molecular weight excluding hydrogens is 382 g/mol. The molecule has 0 radical (unpaired) electrons. The summed E-state index contributed by atoms with van der Waals surface area (Å²) < 4.78 is 5.10. The van der Waals surface area contributed by atoms with Gasteiger partial charge < -0.3 is 25.0 Å². The SMILES string of the molecule is COc1cc(/C=C2\N=C(Nc3ccc(N4CCN(C)CC4)cc3)NC2=O)ccc1O. The molecule has 2 heterocycles. The first-order valence-electron chi connectivity index (χ1n) is 9.81. The number of piperazine rings is 1. The second-order valence-electron chi connectivity index (χ2n) is 7.34. The first-order valence-corrected chi connectivity index (χ1v) is 9.81. The van der Waals surface area contributed by atoms with E-state index in [1.54, 1.807) is 18.2 Å². The maximum absolute atomic E-state index is 12.3. The number of benzene rings is 2. The van der Waals surface area contributed by atoms with Crippen LogP contribution < -0.4 is 20.3 Å². The fourth-order valence-electron chi connectivity index (χ4n) is 3.43. The van der Waals surface area contributed by atoms with Gasteiger partial charge in [-0.1, -0.05) is 6.07 Å². The normalized spacial score (nSPS) is 18.3. The number of guanidine groups is 1. The van der Waals surface area contributed by atoms with E-state index in [0.29, 0.717) is 17.3 Å². The number of nitrogens with one attached hydrogen (secondary N) is 2. The maximum atomic E-state index is 12.3. The minimum Gasteiger partial charge on any atom is -0.504 e. The highest BCUT2D eigenvalue weighted by atomic mass is 16.5. The number of anilines is 2. The molecule has 2 aliphatic heterocycles. The van der Waals surface area contributed by atoms with Crippen molar-refractivity contribution in [3.63, 3.8) is 0 Å². The van der Waals surface area contributed by atoms with Crippen molar-refractivity contribution in [2.45, 2.75) is 0 Å². The molecule has 30 heavy (non-hydrogen) atoms. The Morgan fingerprint density at radius 3 is 2.57 bits per heavy atom. The molecule has 8 heteroatoms. The fraction of sp³-hybridized carbons (Fsp3) is 0.273. The number of phenolic OH excluding ortho intramolecular Hbond substituents is 1. The van der Waals surface area contributed by atoms with Crippen LogP contribution in [0.2, 0.25) is 0 Å². The number of methoxy groups -OCH3 is 1. The number of rotatable bonds is 4. The predicted octanol–water partition coefficient (Wildman–Crippen LogP) is 2.09. The molecule has 0 aromatic heterocycles. The Labute approximate surface area is 175 Å². The molecule has 0 spiro atoms. The summed E-state index contributed by atoms with van der Waals surface area (Å²) in [5, 5.41) is 15.6. The zero-order valence-corrected chi connectivity index (χ0v) is 17.1. The van der Waals surface area contributed by atoms with Gasteiger partial charge in [-0.3, -0.25) is 10.1 Å². The lowest BCUT2D eigenvalue weighted by atomic mass is 10.1. The summed E-state index contributed by atoms with van der Waals surface area (Å²) in [6.07, 6.45) is 1.64. The number of carbonyl (C=O) groups is 1. The van der Waals surface area contributed by atoms with Gasteiger partial charge >= 0.3 is 0 Å². The van der Waals surface area contributed by atoms with Crippen LogP contribution in [0.1, 0.15) is 5.56 Å². The number of nitrogens with zero attached hydrogens (tertiary/aromatic N) is 3. The number of aromatic hydroxyl groups is 1. The number of aliphatic imine (C=N–C) groups is 1. The number of ether oxygens (including phenoxy) is 1. The Morgan fingerprint density at radius 1 is 1.13 bits per heavy atom. The molecule has 1 saturated heterocycles. The highest BCUT2D eigenvalue weighted by Crippen LogP contribution is 2.27. The van der Waals surface area contributed by atoms with E-state index in [4.69, 9.17) is 4.74 Å². The van der Waals surface area contributed by atoms with Gasteiger partial charge in [-0.25, -0.2) is 4.99 Å². The van der Waals surface area contributed by atoms with Gasteiger partial charge in [0.1, 0.15) is 5.70 Å². The van der Waals surface area contributed by atoms with Crippen molar-refractivity contribution in [3.8, 4) is 11.5 Å². The van der Waals surface area contributed by atoms with Gasteiger partial charge in [0.25, 0.3) is 5.91 Å². The van der Waals surface area contributed by atoms with E-state index in [0.717, 1.165) is 31.9 Å². The van der Waals surface area contributed by atoms with Crippen molar-refractivity contribution >= 4 is 29.3 Å². The first-order chi connectivity index (χ1) is 14.5. The second-order valence-corrected chi connectivity index (χ2v) is 7.34. The monoisotopic (exact) mass is 407 g/mol. The molecule has 2 aromatic carbocycles. The third-order valence-corrected chi connectivity index (χ3v) is 5.20. The summed E-state index contributed by atoms with van der Waals surface area (Å²) in [5.74, 6) is 0.467. The zero-order valence-electron chi connectivity index (χ0n) is 17.1. The lowest BCUT2D eigenvalue weighted by molar-refractivity contribution is -0.115. The first kappa shape index (κ1) is 19.8. The molecule has 0 bridgehead atoms. The van der Waals surface area contributed by atoms with Crippen LogP contribution in [-0.2, 0) is 4.79 Å². The molecule has 0 saturated carbocycles. The van der Waals surface area contributed by atoms with Crippen molar-refractivity contribution in [3.05, 3.63) is 53.7 Å². The predicted molar refractivity (Wildman–Crippen MR) is 118 cm³/mol. The van der Waals surface area contributed by atoms with Crippen LogP contribution in [0, 0.1) is 0 Å². The second kappa shape index (κ2) is 8.46. The molecular formula is C22H25N5O3. The van der Waals surface area contributed by atoms with Crippen LogP contribution in [0.5, 0.6) is 11.5 Å². The molecule has 156 valence electrons. The number of amides is 1. The maximum Gasteiger partial charge on any atom is 0.276 e. The summed E-state index contributed by atoms with van der Waals surface area (Å²) in [7, 11) is 3.62. The summed E-state index contributed by atoms with van der Waals surface area (Å²) in [4.78, 5) is 21.3. The van der Waals surface area contributed by atoms with Gasteiger partial charge in [-0.15, -0.1) is 0 Å². The number of hydrogen-bond acceptors (Lipinski definition) is 7. The number of likely N-dealkylation sites (N-methyl/N-ethyl adjacent to an activating group) is 1. The van der Waals surface area contributed by atoms with Gasteiger partial charge in [0, 0.05) is 37.6 Å². The summed E-state index contributed by atoms with van der Waals surface area (Å²) in [6.45, 7) is 4.15. The van der Waals surface area contributed by atoms with Crippen molar-refractivity contribution in [1.29, 1.82) is 0 Å². The third kappa shape index (κ3) is 4.38. The standard InChI is InChI=1S/C22H25N5O3/c1-26-9-11-27(12-10-26)17-6-4-16(5-7-17)23-22-24-18(21(29)25-22)13-15-3-8-19(28)20(14-15)30-2/h3-8,13-14,28H,9-12H2,1-2H3,(H2,23,24,25,29)/b18-13-. The van der Waals surface area contributed by atoms with Gasteiger partial charge in [0.15, 0.2) is 11.5 Å². The Bertz CT molecular complexity index is 992. The van der Waals surface area contributed by atoms with Crippen molar-refractivity contribution < 1.29 is 14.6 Å². The molecule has 3 N–H and O–H groups in total. The molecule has 0 atom stereocenters. The van der Waals surface area contributed by atoms with E-state index in [-0.39, 0.29) is 17.4 Å². The van der Waals surface area contributed by atoms with Gasteiger partial charge in [0.2, 0.25) is 5.96 Å². The third-order valence-electron chi connectivity index (χ3n) is 5.20. The molecule has 0 aliphatic carbocycles.